The molecule has 0 spiro atoms. The topological polar surface area (TPSA) is 61.8 Å². The molecule has 0 unspecified atom stereocenters. The second-order valence-corrected chi connectivity index (χ2v) is 4.10. The van der Waals surface area contributed by atoms with E-state index in [0.29, 0.717) is 22.0 Å². The molecule has 0 fully saturated rings. The van der Waals surface area contributed by atoms with E-state index in [4.69, 9.17) is 22.6 Å². The van der Waals surface area contributed by atoms with E-state index >= 15 is 0 Å². The number of anilines is 3. The number of hydrogen-bond acceptors (Lipinski definition) is 3. The molecule has 0 aliphatic carbocycles. The fraction of sp³-hybridized carbons (Fsp3) is 0. The summed E-state index contributed by atoms with van der Waals surface area (Å²) in [6.07, 6.45) is 0. The van der Waals surface area contributed by atoms with Crippen molar-refractivity contribution in [1.29, 1.82) is 5.26 Å². The lowest BCUT2D eigenvalue weighted by atomic mass is 10.2. The maximum atomic E-state index is 13.6. The van der Waals surface area contributed by atoms with Gasteiger partial charge in [0.25, 0.3) is 0 Å². The van der Waals surface area contributed by atoms with Crippen LogP contribution in [-0.4, -0.2) is 0 Å². The lowest BCUT2D eigenvalue weighted by Gasteiger charge is -2.10. The van der Waals surface area contributed by atoms with Gasteiger partial charge in [-0.15, -0.1) is 0 Å². The maximum Gasteiger partial charge on any atom is 0.148 e. The molecule has 3 nitrogen and oxygen atoms in total. The summed E-state index contributed by atoms with van der Waals surface area (Å²) in [5.41, 5.74) is 6.87. The number of hydrogen-bond donors (Lipinski definition) is 2. The van der Waals surface area contributed by atoms with Crippen LogP contribution in [0.2, 0.25) is 5.02 Å². The molecule has 18 heavy (non-hydrogen) atoms. The fourth-order valence-corrected chi connectivity index (χ4v) is 1.67. The van der Waals surface area contributed by atoms with E-state index in [1.54, 1.807) is 24.3 Å². The van der Waals surface area contributed by atoms with E-state index in [1.165, 1.54) is 12.1 Å². The molecule has 0 heterocycles. The van der Waals surface area contributed by atoms with Crippen LogP contribution in [0.3, 0.4) is 0 Å². The third-order valence-electron chi connectivity index (χ3n) is 2.36. The quantitative estimate of drug-likeness (QED) is 0.811. The van der Waals surface area contributed by atoms with Crippen molar-refractivity contribution in [3.8, 4) is 6.07 Å². The van der Waals surface area contributed by atoms with Crippen LogP contribution >= 0.6 is 11.6 Å². The number of nitrogens with one attached hydrogen (secondary N) is 1. The first-order chi connectivity index (χ1) is 8.60. The minimum Gasteiger partial charge on any atom is -0.399 e. The van der Waals surface area contributed by atoms with Gasteiger partial charge in [0.1, 0.15) is 11.9 Å². The number of nitrogens with two attached hydrogens (primary N) is 1. The van der Waals surface area contributed by atoms with Crippen molar-refractivity contribution in [2.45, 2.75) is 0 Å². The number of nitriles is 1. The van der Waals surface area contributed by atoms with Gasteiger partial charge in [0.15, 0.2) is 0 Å². The first kappa shape index (κ1) is 12.2. The first-order valence-corrected chi connectivity index (χ1v) is 5.49. The summed E-state index contributed by atoms with van der Waals surface area (Å²) in [5.74, 6) is -0.487. The van der Waals surface area contributed by atoms with E-state index in [9.17, 15) is 4.39 Å². The highest BCUT2D eigenvalue weighted by Gasteiger charge is 2.07. The van der Waals surface area contributed by atoms with Gasteiger partial charge in [-0.2, -0.15) is 5.26 Å². The molecular weight excluding hydrogens is 253 g/mol. The summed E-state index contributed by atoms with van der Waals surface area (Å²) in [6.45, 7) is 0. The van der Waals surface area contributed by atoms with Crippen LogP contribution in [0.4, 0.5) is 21.5 Å². The van der Waals surface area contributed by atoms with Crippen LogP contribution < -0.4 is 11.1 Å². The summed E-state index contributed by atoms with van der Waals surface area (Å²) in [4.78, 5) is 0. The lowest BCUT2D eigenvalue weighted by Crippen LogP contribution is -1.97. The van der Waals surface area contributed by atoms with Crippen molar-refractivity contribution in [2.24, 2.45) is 0 Å². The third kappa shape index (κ3) is 2.53. The summed E-state index contributed by atoms with van der Waals surface area (Å²) in [6, 6.07) is 11.0. The Balaban J connectivity index is 2.40. The molecule has 0 aromatic heterocycles. The largest absolute Gasteiger partial charge is 0.399 e. The summed E-state index contributed by atoms with van der Waals surface area (Å²) in [7, 11) is 0. The van der Waals surface area contributed by atoms with Crippen molar-refractivity contribution in [3.05, 3.63) is 52.8 Å². The Kier molecular flexibility index (Phi) is 3.35. The monoisotopic (exact) mass is 261 g/mol. The van der Waals surface area contributed by atoms with Crippen molar-refractivity contribution >= 4 is 28.7 Å². The van der Waals surface area contributed by atoms with E-state index in [0.717, 1.165) is 0 Å². The van der Waals surface area contributed by atoms with Crippen LogP contribution in [0.15, 0.2) is 36.4 Å². The van der Waals surface area contributed by atoms with E-state index in [-0.39, 0.29) is 5.69 Å². The van der Waals surface area contributed by atoms with Crippen LogP contribution in [0.1, 0.15) is 5.56 Å². The van der Waals surface area contributed by atoms with Gasteiger partial charge < -0.3 is 11.1 Å². The van der Waals surface area contributed by atoms with Crippen LogP contribution in [0, 0.1) is 17.1 Å². The molecule has 5 heteroatoms. The zero-order valence-electron chi connectivity index (χ0n) is 9.24. The van der Waals surface area contributed by atoms with Crippen molar-refractivity contribution in [1.82, 2.24) is 0 Å². The molecule has 2 rings (SSSR count). The predicted octanol–water partition coefficient (Wildman–Crippen LogP) is 3.68. The fourth-order valence-electron chi connectivity index (χ4n) is 1.50. The normalized spacial score (nSPS) is 9.83. The van der Waals surface area contributed by atoms with Crippen molar-refractivity contribution < 1.29 is 4.39 Å². The highest BCUT2D eigenvalue weighted by molar-refractivity contribution is 6.30. The first-order valence-electron chi connectivity index (χ1n) is 5.12. The highest BCUT2D eigenvalue weighted by Crippen LogP contribution is 2.26. The van der Waals surface area contributed by atoms with E-state index in [1.807, 2.05) is 6.07 Å². The van der Waals surface area contributed by atoms with Gasteiger partial charge in [0.2, 0.25) is 0 Å². The van der Waals surface area contributed by atoms with Gasteiger partial charge in [0, 0.05) is 10.7 Å². The standard InChI is InChI=1S/C13H9ClFN3/c14-9-2-1-8(7-16)13(5-9)18-12-4-3-10(17)6-11(12)15/h1-6,18H,17H2. The second-order valence-electron chi connectivity index (χ2n) is 3.67. The minimum absolute atomic E-state index is 0.239. The van der Waals surface area contributed by atoms with Crippen LogP contribution in [0.25, 0.3) is 0 Å². The minimum atomic E-state index is -0.487. The number of nitrogen functional groups attached to an aromatic ring is 1. The van der Waals surface area contributed by atoms with E-state index < -0.39 is 5.82 Å². The van der Waals surface area contributed by atoms with Crippen LogP contribution in [-0.2, 0) is 0 Å². The molecule has 0 bridgehead atoms. The van der Waals surface area contributed by atoms with Gasteiger partial charge in [-0.25, -0.2) is 4.39 Å². The highest BCUT2D eigenvalue weighted by atomic mass is 35.5. The molecule has 0 amide bonds. The zero-order valence-corrected chi connectivity index (χ0v) is 10.0. The Morgan fingerprint density at radius 2 is 1.94 bits per heavy atom. The van der Waals surface area contributed by atoms with Gasteiger partial charge in [-0.1, -0.05) is 11.6 Å². The van der Waals surface area contributed by atoms with Crippen LogP contribution in [0.5, 0.6) is 0 Å². The van der Waals surface area contributed by atoms with Crippen molar-refractivity contribution in [2.75, 3.05) is 11.1 Å². The average molecular weight is 262 g/mol. The summed E-state index contributed by atoms with van der Waals surface area (Å²) < 4.78 is 13.6. The Morgan fingerprint density at radius 1 is 1.17 bits per heavy atom. The molecule has 0 aliphatic heterocycles. The molecular formula is C13H9ClFN3. The molecule has 0 radical (unpaired) electrons. The van der Waals surface area contributed by atoms with Gasteiger partial charge in [-0.3, -0.25) is 0 Å². The van der Waals surface area contributed by atoms with Crippen molar-refractivity contribution in [3.63, 3.8) is 0 Å². The Bertz CT molecular complexity index is 635. The number of rotatable bonds is 2. The van der Waals surface area contributed by atoms with Gasteiger partial charge in [-0.05, 0) is 36.4 Å². The lowest BCUT2D eigenvalue weighted by molar-refractivity contribution is 0.632. The number of halogens is 2. The van der Waals surface area contributed by atoms with Gasteiger partial charge >= 0.3 is 0 Å². The molecule has 0 atom stereocenters. The third-order valence-corrected chi connectivity index (χ3v) is 2.60. The SMILES string of the molecule is N#Cc1ccc(Cl)cc1Nc1ccc(N)cc1F. The Morgan fingerprint density at radius 3 is 2.61 bits per heavy atom. The summed E-state index contributed by atoms with van der Waals surface area (Å²) in [5, 5.41) is 12.2. The molecule has 90 valence electrons. The zero-order chi connectivity index (χ0) is 13.1. The molecule has 2 aromatic rings. The molecule has 0 saturated heterocycles. The molecule has 0 saturated carbocycles. The molecule has 0 aliphatic rings. The van der Waals surface area contributed by atoms with Gasteiger partial charge in [0.05, 0.1) is 16.9 Å². The van der Waals surface area contributed by atoms with E-state index in [2.05, 4.69) is 5.32 Å². The Hall–Kier alpha value is -2.25. The average Bonchev–Trinajstić information content (AvgIpc) is 2.33. The molecule has 2 aromatic carbocycles. The number of nitrogens with zero attached hydrogens (tertiary/aromatic N) is 1. The Labute approximate surface area is 109 Å². The smallest absolute Gasteiger partial charge is 0.148 e. The predicted molar refractivity (Wildman–Crippen MR) is 70.3 cm³/mol. The number of benzene rings is 2. The summed E-state index contributed by atoms with van der Waals surface area (Å²) >= 11 is 5.84. The maximum absolute atomic E-state index is 13.6. The second kappa shape index (κ2) is 4.94. The molecule has 3 N–H and O–H groups in total.